The SMILES string of the molecule is NC(=O)NCCNCc1ccc(O)c(O)c1O. The number of amides is 2. The zero-order valence-electron chi connectivity index (χ0n) is 9.10. The summed E-state index contributed by atoms with van der Waals surface area (Å²) in [4.78, 5) is 10.4. The van der Waals surface area contributed by atoms with Crippen LogP contribution in [-0.4, -0.2) is 34.4 Å². The smallest absolute Gasteiger partial charge is 0.312 e. The summed E-state index contributed by atoms with van der Waals surface area (Å²) in [6.45, 7) is 1.12. The molecule has 1 rings (SSSR count). The van der Waals surface area contributed by atoms with Crippen molar-refractivity contribution in [1.29, 1.82) is 0 Å². The molecule has 2 amide bonds. The average Bonchev–Trinajstić information content (AvgIpc) is 2.28. The summed E-state index contributed by atoms with van der Waals surface area (Å²) in [6, 6.07) is 2.17. The van der Waals surface area contributed by atoms with E-state index < -0.39 is 11.8 Å². The van der Waals surface area contributed by atoms with Gasteiger partial charge in [0.05, 0.1) is 0 Å². The van der Waals surface area contributed by atoms with E-state index in [1.807, 2.05) is 0 Å². The molecule has 0 radical (unpaired) electrons. The maximum absolute atomic E-state index is 10.4. The number of phenols is 3. The number of aromatic hydroxyl groups is 3. The summed E-state index contributed by atoms with van der Waals surface area (Å²) < 4.78 is 0. The zero-order chi connectivity index (χ0) is 12.8. The van der Waals surface area contributed by atoms with Crippen LogP contribution in [-0.2, 0) is 6.54 Å². The van der Waals surface area contributed by atoms with Crippen LogP contribution in [0.15, 0.2) is 12.1 Å². The third-order valence-corrected chi connectivity index (χ3v) is 2.13. The number of hydrogen-bond acceptors (Lipinski definition) is 5. The number of urea groups is 1. The molecular weight excluding hydrogens is 226 g/mol. The van der Waals surface area contributed by atoms with Crippen LogP contribution in [0.1, 0.15) is 5.56 Å². The van der Waals surface area contributed by atoms with E-state index in [4.69, 9.17) is 10.8 Å². The first-order valence-corrected chi connectivity index (χ1v) is 4.99. The number of nitrogens with one attached hydrogen (secondary N) is 2. The lowest BCUT2D eigenvalue weighted by Gasteiger charge is -2.09. The molecule has 0 aromatic heterocycles. The molecule has 0 fully saturated rings. The van der Waals surface area contributed by atoms with Crippen LogP contribution in [0.2, 0.25) is 0 Å². The molecule has 7 heteroatoms. The fraction of sp³-hybridized carbons (Fsp3) is 0.300. The average molecular weight is 241 g/mol. The van der Waals surface area contributed by atoms with Gasteiger partial charge in [-0.25, -0.2) is 4.79 Å². The number of carbonyl (C=O) groups is 1. The van der Waals surface area contributed by atoms with Crippen molar-refractivity contribution in [3.05, 3.63) is 17.7 Å². The van der Waals surface area contributed by atoms with E-state index in [0.29, 0.717) is 25.2 Å². The number of hydrogen-bond donors (Lipinski definition) is 6. The molecular formula is C10H15N3O4. The molecule has 1 aromatic rings. The Kier molecular flexibility index (Phi) is 4.41. The van der Waals surface area contributed by atoms with Crippen molar-refractivity contribution < 1.29 is 20.1 Å². The van der Waals surface area contributed by atoms with Gasteiger partial charge in [-0.1, -0.05) is 6.07 Å². The first-order valence-electron chi connectivity index (χ1n) is 4.99. The molecule has 0 bridgehead atoms. The first kappa shape index (κ1) is 12.9. The second-order valence-electron chi connectivity index (χ2n) is 3.41. The van der Waals surface area contributed by atoms with Gasteiger partial charge in [-0.2, -0.15) is 0 Å². The fourth-order valence-corrected chi connectivity index (χ4v) is 1.25. The molecule has 1 aromatic carbocycles. The zero-order valence-corrected chi connectivity index (χ0v) is 9.10. The first-order chi connectivity index (χ1) is 8.02. The van der Waals surface area contributed by atoms with Crippen LogP contribution in [0.4, 0.5) is 4.79 Å². The summed E-state index contributed by atoms with van der Waals surface area (Å²) >= 11 is 0. The number of primary amides is 1. The van der Waals surface area contributed by atoms with Crippen molar-refractivity contribution in [1.82, 2.24) is 10.6 Å². The third kappa shape index (κ3) is 3.72. The van der Waals surface area contributed by atoms with Crippen molar-refractivity contribution in [2.45, 2.75) is 6.54 Å². The van der Waals surface area contributed by atoms with Gasteiger partial charge in [0, 0.05) is 25.2 Å². The Labute approximate surface area is 97.9 Å². The standard InChI is InChI=1S/C10H15N3O4/c11-10(17)13-4-3-12-5-6-1-2-7(14)9(16)8(6)15/h1-2,12,14-16H,3-5H2,(H3,11,13,17). The van der Waals surface area contributed by atoms with Gasteiger partial charge in [-0.05, 0) is 6.07 Å². The van der Waals surface area contributed by atoms with Crippen LogP contribution in [0.5, 0.6) is 17.2 Å². The highest BCUT2D eigenvalue weighted by Crippen LogP contribution is 2.36. The molecule has 94 valence electrons. The summed E-state index contributed by atoms with van der Waals surface area (Å²) in [5.41, 5.74) is 5.31. The second-order valence-corrected chi connectivity index (χ2v) is 3.41. The van der Waals surface area contributed by atoms with E-state index in [1.165, 1.54) is 12.1 Å². The number of benzene rings is 1. The number of nitrogens with two attached hydrogens (primary N) is 1. The molecule has 7 nitrogen and oxygen atoms in total. The molecule has 0 unspecified atom stereocenters. The quantitative estimate of drug-likeness (QED) is 0.308. The normalized spacial score (nSPS) is 10.1. The van der Waals surface area contributed by atoms with Crippen LogP contribution in [0.3, 0.4) is 0 Å². The Hall–Kier alpha value is -2.15. The Morgan fingerprint density at radius 2 is 1.88 bits per heavy atom. The van der Waals surface area contributed by atoms with E-state index in [1.54, 1.807) is 0 Å². The minimum absolute atomic E-state index is 0.292. The summed E-state index contributed by atoms with van der Waals surface area (Å²) in [7, 11) is 0. The molecule has 0 heterocycles. The van der Waals surface area contributed by atoms with E-state index in [9.17, 15) is 15.0 Å². The Balaban J connectivity index is 2.42. The van der Waals surface area contributed by atoms with E-state index in [0.717, 1.165) is 0 Å². The van der Waals surface area contributed by atoms with Gasteiger partial charge < -0.3 is 31.7 Å². The molecule has 0 atom stereocenters. The van der Waals surface area contributed by atoms with Gasteiger partial charge in [0.15, 0.2) is 11.5 Å². The van der Waals surface area contributed by atoms with Crippen LogP contribution in [0.25, 0.3) is 0 Å². The number of phenolic OH excluding ortho intramolecular Hbond substituents is 3. The van der Waals surface area contributed by atoms with Gasteiger partial charge in [-0.15, -0.1) is 0 Å². The van der Waals surface area contributed by atoms with Crippen LogP contribution < -0.4 is 16.4 Å². The molecule has 0 spiro atoms. The number of rotatable bonds is 5. The van der Waals surface area contributed by atoms with Gasteiger partial charge in [0.25, 0.3) is 0 Å². The topological polar surface area (TPSA) is 128 Å². The minimum atomic E-state index is -0.600. The highest BCUT2D eigenvalue weighted by Gasteiger charge is 2.10. The highest BCUT2D eigenvalue weighted by molar-refractivity contribution is 5.71. The summed E-state index contributed by atoms with van der Waals surface area (Å²) in [5, 5.41) is 33.2. The third-order valence-electron chi connectivity index (χ3n) is 2.13. The van der Waals surface area contributed by atoms with Crippen LogP contribution >= 0.6 is 0 Å². The Morgan fingerprint density at radius 3 is 2.53 bits per heavy atom. The van der Waals surface area contributed by atoms with Gasteiger partial charge >= 0.3 is 6.03 Å². The highest BCUT2D eigenvalue weighted by atomic mass is 16.3. The summed E-state index contributed by atoms with van der Waals surface area (Å²) in [5.74, 6) is -1.28. The van der Waals surface area contributed by atoms with Crippen molar-refractivity contribution >= 4 is 6.03 Å². The molecule has 0 aliphatic heterocycles. The lowest BCUT2D eigenvalue weighted by Crippen LogP contribution is -2.35. The lowest BCUT2D eigenvalue weighted by atomic mass is 10.1. The Bertz CT molecular complexity index is 409. The molecule has 0 saturated carbocycles. The van der Waals surface area contributed by atoms with Crippen molar-refractivity contribution in [2.24, 2.45) is 5.73 Å². The molecule has 0 aliphatic carbocycles. The van der Waals surface area contributed by atoms with Crippen LogP contribution in [0, 0.1) is 0 Å². The predicted octanol–water partition coefficient (Wildman–Crippen LogP) is -0.439. The van der Waals surface area contributed by atoms with Crippen molar-refractivity contribution in [3.8, 4) is 17.2 Å². The maximum atomic E-state index is 10.4. The van der Waals surface area contributed by atoms with Crippen molar-refractivity contribution in [3.63, 3.8) is 0 Å². The minimum Gasteiger partial charge on any atom is -0.504 e. The molecule has 0 saturated heterocycles. The lowest BCUT2D eigenvalue weighted by molar-refractivity contribution is 0.249. The van der Waals surface area contributed by atoms with Gasteiger partial charge in [0.2, 0.25) is 5.75 Å². The molecule has 7 N–H and O–H groups in total. The van der Waals surface area contributed by atoms with E-state index in [2.05, 4.69) is 10.6 Å². The number of carbonyl (C=O) groups excluding carboxylic acids is 1. The van der Waals surface area contributed by atoms with Gasteiger partial charge in [-0.3, -0.25) is 0 Å². The summed E-state index contributed by atoms with van der Waals surface area (Å²) in [6.07, 6.45) is 0. The fourth-order valence-electron chi connectivity index (χ4n) is 1.25. The molecule has 0 aliphatic rings. The largest absolute Gasteiger partial charge is 0.504 e. The predicted molar refractivity (Wildman–Crippen MR) is 60.7 cm³/mol. The second kappa shape index (κ2) is 5.80. The van der Waals surface area contributed by atoms with E-state index >= 15 is 0 Å². The van der Waals surface area contributed by atoms with Crippen molar-refractivity contribution in [2.75, 3.05) is 13.1 Å². The maximum Gasteiger partial charge on any atom is 0.312 e. The molecule has 17 heavy (non-hydrogen) atoms. The van der Waals surface area contributed by atoms with Gasteiger partial charge in [0.1, 0.15) is 0 Å². The van der Waals surface area contributed by atoms with E-state index in [-0.39, 0.29) is 11.5 Å². The monoisotopic (exact) mass is 241 g/mol. The Morgan fingerprint density at radius 1 is 1.18 bits per heavy atom.